The third-order valence-electron chi connectivity index (χ3n) is 3.65. The van der Waals surface area contributed by atoms with Crippen LogP contribution in [0.15, 0.2) is 4.79 Å². The van der Waals surface area contributed by atoms with E-state index >= 15 is 0 Å². The van der Waals surface area contributed by atoms with Crippen LogP contribution < -0.4 is 5.56 Å². The minimum atomic E-state index is -0.658. The van der Waals surface area contributed by atoms with E-state index in [9.17, 15) is 9.90 Å². The lowest BCUT2D eigenvalue weighted by Crippen LogP contribution is -2.40. The molecule has 1 fully saturated rings. The first-order chi connectivity index (χ1) is 9.63. The molecule has 0 bridgehead atoms. The lowest BCUT2D eigenvalue weighted by atomic mass is 9.92. The van der Waals surface area contributed by atoms with E-state index in [2.05, 4.69) is 9.97 Å². The molecule has 2 N–H and O–H groups in total. The van der Waals surface area contributed by atoms with Gasteiger partial charge in [0.1, 0.15) is 11.4 Å². The zero-order chi connectivity index (χ0) is 14.6. The molecule has 1 aliphatic rings. The zero-order valence-electron chi connectivity index (χ0n) is 12.1. The molecule has 0 radical (unpaired) electrons. The fraction of sp³-hybridized carbons (Fsp3) is 0.714. The molecule has 1 aliphatic heterocycles. The van der Waals surface area contributed by atoms with E-state index in [0.29, 0.717) is 50.5 Å². The monoisotopic (exact) mass is 282 g/mol. The maximum atomic E-state index is 12.1. The van der Waals surface area contributed by atoms with Gasteiger partial charge in [0.15, 0.2) is 0 Å². The van der Waals surface area contributed by atoms with Crippen LogP contribution in [-0.2, 0) is 21.5 Å². The number of nitrogens with one attached hydrogen (secondary N) is 1. The van der Waals surface area contributed by atoms with E-state index in [0.717, 1.165) is 6.42 Å². The summed E-state index contributed by atoms with van der Waals surface area (Å²) in [5, 5.41) is 10.00. The van der Waals surface area contributed by atoms with Gasteiger partial charge in [-0.3, -0.25) is 4.79 Å². The molecule has 0 unspecified atom stereocenters. The molecule has 1 saturated heterocycles. The number of hydrogen-bond donors (Lipinski definition) is 2. The van der Waals surface area contributed by atoms with Crippen molar-refractivity contribution < 1.29 is 14.6 Å². The summed E-state index contributed by atoms with van der Waals surface area (Å²) < 4.78 is 11.2. The van der Waals surface area contributed by atoms with Gasteiger partial charge >= 0.3 is 0 Å². The topological polar surface area (TPSA) is 84.4 Å². The van der Waals surface area contributed by atoms with Crippen LogP contribution in [0.3, 0.4) is 0 Å². The molecule has 0 amide bonds. The highest BCUT2D eigenvalue weighted by Gasteiger charge is 2.38. The van der Waals surface area contributed by atoms with E-state index < -0.39 is 5.60 Å². The van der Waals surface area contributed by atoms with Crippen molar-refractivity contribution >= 4 is 0 Å². The summed E-state index contributed by atoms with van der Waals surface area (Å²) in [6.45, 7) is 5.48. The van der Waals surface area contributed by atoms with Crippen molar-refractivity contribution in [3.8, 4) is 5.88 Å². The first-order valence-corrected chi connectivity index (χ1v) is 7.17. The molecule has 20 heavy (non-hydrogen) atoms. The van der Waals surface area contributed by atoms with Crippen molar-refractivity contribution in [3.05, 3.63) is 21.7 Å². The molecule has 0 atom stereocenters. The molecular formula is C14H22N2O4. The fourth-order valence-corrected chi connectivity index (χ4v) is 2.60. The van der Waals surface area contributed by atoms with Crippen LogP contribution in [0.2, 0.25) is 0 Å². The number of nitrogens with zero attached hydrogens (tertiary/aromatic N) is 1. The summed E-state index contributed by atoms with van der Waals surface area (Å²) in [7, 11) is 0. The van der Waals surface area contributed by atoms with Gasteiger partial charge in [-0.25, -0.2) is 0 Å². The Morgan fingerprint density at radius 3 is 2.65 bits per heavy atom. The maximum Gasteiger partial charge on any atom is 0.258 e. The Bertz CT molecular complexity index is 501. The standard InChI is InChI=1S/C14H22N2O4/c1-3-5-10-11(17)15-13(16-12(10)18)14(20-4-2)6-8-19-9-7-14/h3-9H2,1-2H3,(H2,15,16,17,18). The molecule has 1 aromatic rings. The minimum Gasteiger partial charge on any atom is -0.493 e. The Labute approximate surface area is 118 Å². The summed E-state index contributed by atoms with van der Waals surface area (Å²) in [4.78, 5) is 19.1. The van der Waals surface area contributed by atoms with Gasteiger partial charge in [-0.2, -0.15) is 4.98 Å². The largest absolute Gasteiger partial charge is 0.493 e. The highest BCUT2D eigenvalue weighted by molar-refractivity contribution is 5.24. The van der Waals surface area contributed by atoms with Crippen molar-refractivity contribution in [2.24, 2.45) is 0 Å². The Balaban J connectivity index is 2.41. The van der Waals surface area contributed by atoms with E-state index in [1.165, 1.54) is 0 Å². The van der Waals surface area contributed by atoms with Crippen LogP contribution >= 0.6 is 0 Å². The van der Waals surface area contributed by atoms with Gasteiger partial charge in [0.2, 0.25) is 5.88 Å². The number of aromatic amines is 1. The molecule has 1 aromatic heterocycles. The van der Waals surface area contributed by atoms with Gasteiger partial charge in [-0.15, -0.1) is 0 Å². The first kappa shape index (κ1) is 15.0. The van der Waals surface area contributed by atoms with Gasteiger partial charge < -0.3 is 19.6 Å². The Morgan fingerprint density at radius 2 is 2.10 bits per heavy atom. The molecule has 6 heteroatoms. The van der Waals surface area contributed by atoms with Gasteiger partial charge in [0, 0.05) is 32.7 Å². The van der Waals surface area contributed by atoms with Gasteiger partial charge in [-0.05, 0) is 13.3 Å². The number of hydrogen-bond acceptors (Lipinski definition) is 5. The van der Waals surface area contributed by atoms with Crippen LogP contribution in [-0.4, -0.2) is 34.9 Å². The Morgan fingerprint density at radius 1 is 1.40 bits per heavy atom. The van der Waals surface area contributed by atoms with Crippen LogP contribution in [0.1, 0.15) is 44.5 Å². The van der Waals surface area contributed by atoms with Gasteiger partial charge in [-0.1, -0.05) is 13.3 Å². The second-order valence-electron chi connectivity index (χ2n) is 5.01. The predicted molar refractivity (Wildman–Crippen MR) is 73.9 cm³/mol. The van der Waals surface area contributed by atoms with Crippen LogP contribution in [0, 0.1) is 0 Å². The second kappa shape index (κ2) is 6.37. The van der Waals surface area contributed by atoms with Crippen molar-refractivity contribution in [1.29, 1.82) is 0 Å². The molecular weight excluding hydrogens is 260 g/mol. The number of aromatic nitrogens is 2. The van der Waals surface area contributed by atoms with Crippen molar-refractivity contribution in [1.82, 2.24) is 9.97 Å². The molecule has 0 saturated carbocycles. The lowest BCUT2D eigenvalue weighted by molar-refractivity contribution is -0.118. The highest BCUT2D eigenvalue weighted by atomic mass is 16.5. The van der Waals surface area contributed by atoms with Gasteiger partial charge in [0.25, 0.3) is 5.56 Å². The summed E-state index contributed by atoms with van der Waals surface area (Å²) in [5.41, 5.74) is -0.594. The fourth-order valence-electron chi connectivity index (χ4n) is 2.60. The molecule has 6 nitrogen and oxygen atoms in total. The molecule has 2 rings (SSSR count). The number of aromatic hydroxyl groups is 1. The molecule has 112 valence electrons. The van der Waals surface area contributed by atoms with E-state index in [-0.39, 0.29) is 11.4 Å². The van der Waals surface area contributed by atoms with Crippen LogP contribution in [0.25, 0.3) is 0 Å². The Kier molecular flexibility index (Phi) is 4.77. The van der Waals surface area contributed by atoms with E-state index in [1.54, 1.807) is 0 Å². The number of rotatable bonds is 5. The quantitative estimate of drug-likeness (QED) is 0.854. The SMILES string of the molecule is CCCc1c(O)nc(C2(OCC)CCOCC2)[nH]c1=O. The van der Waals surface area contributed by atoms with E-state index in [1.807, 2.05) is 13.8 Å². The number of ether oxygens (including phenoxy) is 2. The highest BCUT2D eigenvalue weighted by Crippen LogP contribution is 2.34. The summed E-state index contributed by atoms with van der Waals surface area (Å²) in [6.07, 6.45) is 2.54. The maximum absolute atomic E-state index is 12.1. The second-order valence-corrected chi connectivity index (χ2v) is 5.01. The summed E-state index contributed by atoms with van der Waals surface area (Å²) in [5.74, 6) is 0.223. The van der Waals surface area contributed by atoms with Crippen molar-refractivity contribution in [2.45, 2.75) is 45.1 Å². The minimum absolute atomic E-state index is 0.184. The lowest BCUT2D eigenvalue weighted by Gasteiger charge is -2.35. The van der Waals surface area contributed by atoms with Gasteiger partial charge in [0.05, 0.1) is 5.56 Å². The third-order valence-corrected chi connectivity index (χ3v) is 3.65. The molecule has 0 aliphatic carbocycles. The average Bonchev–Trinajstić information content (AvgIpc) is 2.44. The molecule has 0 spiro atoms. The van der Waals surface area contributed by atoms with Crippen LogP contribution in [0.4, 0.5) is 0 Å². The van der Waals surface area contributed by atoms with Crippen LogP contribution in [0.5, 0.6) is 5.88 Å². The first-order valence-electron chi connectivity index (χ1n) is 7.17. The predicted octanol–water partition coefficient (Wildman–Crippen LogP) is 1.47. The summed E-state index contributed by atoms with van der Waals surface area (Å²) in [6, 6.07) is 0. The molecule has 2 heterocycles. The van der Waals surface area contributed by atoms with Crippen molar-refractivity contribution in [3.63, 3.8) is 0 Å². The van der Waals surface area contributed by atoms with Crippen molar-refractivity contribution in [2.75, 3.05) is 19.8 Å². The smallest absolute Gasteiger partial charge is 0.258 e. The molecule has 0 aromatic carbocycles. The van der Waals surface area contributed by atoms with E-state index in [4.69, 9.17) is 9.47 Å². The summed E-state index contributed by atoms with van der Waals surface area (Å²) >= 11 is 0. The zero-order valence-corrected chi connectivity index (χ0v) is 12.1. The average molecular weight is 282 g/mol. The normalized spacial score (nSPS) is 18.1. The third kappa shape index (κ3) is 2.86. The Hall–Kier alpha value is -1.40. The number of H-pyrrole nitrogens is 1.